The van der Waals surface area contributed by atoms with Crippen LogP contribution in [-0.4, -0.2) is 7.11 Å². The van der Waals surface area contributed by atoms with Gasteiger partial charge in [0.25, 0.3) is 0 Å². The second-order valence-corrected chi connectivity index (χ2v) is 3.77. The molecule has 3 nitrogen and oxygen atoms in total. The van der Waals surface area contributed by atoms with E-state index in [9.17, 15) is 4.39 Å². The molecule has 0 saturated carbocycles. The van der Waals surface area contributed by atoms with E-state index in [1.807, 2.05) is 13.0 Å². The van der Waals surface area contributed by atoms with Gasteiger partial charge in [0.05, 0.1) is 31.4 Å². The molecule has 1 N–H and O–H groups in total. The molecular formula is C13H14FNO2. The number of hydrogen-bond acceptors (Lipinski definition) is 3. The maximum Gasteiger partial charge on any atom is 0.144 e. The number of rotatable bonds is 4. The average Bonchev–Trinajstić information content (AvgIpc) is 2.85. The molecule has 4 heteroatoms. The lowest BCUT2D eigenvalue weighted by molar-refractivity contribution is 0.412. The van der Waals surface area contributed by atoms with Crippen LogP contribution in [0.1, 0.15) is 18.5 Å². The zero-order chi connectivity index (χ0) is 12.3. The number of ether oxygens (including phenoxy) is 1. The molecule has 1 aromatic heterocycles. The van der Waals surface area contributed by atoms with E-state index in [1.165, 1.54) is 19.2 Å². The van der Waals surface area contributed by atoms with E-state index in [0.717, 1.165) is 11.3 Å². The molecule has 1 atom stereocenters. The molecule has 0 aliphatic carbocycles. The molecule has 0 spiro atoms. The molecule has 1 unspecified atom stereocenters. The molecule has 0 bridgehead atoms. The second-order valence-electron chi connectivity index (χ2n) is 3.77. The Morgan fingerprint density at radius 3 is 2.82 bits per heavy atom. The normalized spacial score (nSPS) is 12.2. The van der Waals surface area contributed by atoms with Gasteiger partial charge in [-0.2, -0.15) is 0 Å². The Kier molecular flexibility index (Phi) is 3.32. The van der Waals surface area contributed by atoms with Crippen molar-refractivity contribution in [3.63, 3.8) is 0 Å². The van der Waals surface area contributed by atoms with Gasteiger partial charge in [-0.15, -0.1) is 0 Å². The summed E-state index contributed by atoms with van der Waals surface area (Å²) in [7, 11) is 1.52. The van der Waals surface area contributed by atoms with Gasteiger partial charge in [0.1, 0.15) is 11.6 Å². The fourth-order valence-electron chi connectivity index (χ4n) is 1.62. The summed E-state index contributed by atoms with van der Waals surface area (Å²) in [6.07, 6.45) is 3.29. The Balaban J connectivity index is 2.18. The Bertz CT molecular complexity index is 482. The second kappa shape index (κ2) is 4.91. The fraction of sp³-hybridized carbons (Fsp3) is 0.231. The van der Waals surface area contributed by atoms with E-state index in [-0.39, 0.29) is 11.9 Å². The molecule has 0 radical (unpaired) electrons. The largest absolute Gasteiger partial charge is 0.494 e. The lowest BCUT2D eigenvalue weighted by Gasteiger charge is -2.16. The van der Waals surface area contributed by atoms with Crippen LogP contribution < -0.4 is 10.1 Å². The molecule has 1 aromatic carbocycles. The van der Waals surface area contributed by atoms with Crippen LogP contribution in [0.25, 0.3) is 0 Å². The maximum absolute atomic E-state index is 13.0. The van der Waals surface area contributed by atoms with Crippen molar-refractivity contribution in [1.29, 1.82) is 0 Å². The van der Waals surface area contributed by atoms with E-state index in [2.05, 4.69) is 5.32 Å². The summed E-state index contributed by atoms with van der Waals surface area (Å²) < 4.78 is 23.2. The van der Waals surface area contributed by atoms with Crippen LogP contribution in [0.3, 0.4) is 0 Å². The smallest absolute Gasteiger partial charge is 0.144 e. The topological polar surface area (TPSA) is 34.4 Å². The first-order chi connectivity index (χ1) is 8.20. The van der Waals surface area contributed by atoms with Crippen LogP contribution in [0.15, 0.2) is 41.2 Å². The van der Waals surface area contributed by atoms with Crippen molar-refractivity contribution >= 4 is 5.69 Å². The van der Waals surface area contributed by atoms with Gasteiger partial charge in [-0.3, -0.25) is 0 Å². The van der Waals surface area contributed by atoms with E-state index in [1.54, 1.807) is 18.6 Å². The van der Waals surface area contributed by atoms with Gasteiger partial charge in [-0.1, -0.05) is 0 Å². The third kappa shape index (κ3) is 2.58. The minimum Gasteiger partial charge on any atom is -0.494 e. The summed E-state index contributed by atoms with van der Waals surface area (Å²) in [4.78, 5) is 0. The third-order valence-electron chi connectivity index (χ3n) is 2.58. The third-order valence-corrected chi connectivity index (χ3v) is 2.58. The van der Waals surface area contributed by atoms with Crippen molar-refractivity contribution in [2.24, 2.45) is 0 Å². The van der Waals surface area contributed by atoms with E-state index in [4.69, 9.17) is 9.15 Å². The standard InChI is InChI=1S/C13H14FNO2/c1-9(10-5-6-17-8-10)15-12-4-3-11(14)7-13(12)16-2/h3-9,15H,1-2H3. The number of halogens is 1. The minimum absolute atomic E-state index is 0.0631. The van der Waals surface area contributed by atoms with Crippen molar-refractivity contribution in [3.8, 4) is 5.75 Å². The molecule has 2 rings (SSSR count). The van der Waals surface area contributed by atoms with Gasteiger partial charge < -0.3 is 14.5 Å². The molecule has 1 heterocycles. The highest BCUT2D eigenvalue weighted by Gasteiger charge is 2.10. The summed E-state index contributed by atoms with van der Waals surface area (Å²) in [6, 6.07) is 6.35. The van der Waals surface area contributed by atoms with Gasteiger partial charge in [0, 0.05) is 11.6 Å². The van der Waals surface area contributed by atoms with Crippen molar-refractivity contribution in [1.82, 2.24) is 0 Å². The van der Waals surface area contributed by atoms with Crippen LogP contribution in [-0.2, 0) is 0 Å². The van der Waals surface area contributed by atoms with Crippen molar-refractivity contribution in [2.75, 3.05) is 12.4 Å². The van der Waals surface area contributed by atoms with Crippen LogP contribution in [0.4, 0.5) is 10.1 Å². The highest BCUT2D eigenvalue weighted by Crippen LogP contribution is 2.28. The zero-order valence-corrected chi connectivity index (χ0v) is 9.74. The Hall–Kier alpha value is -1.97. The first-order valence-corrected chi connectivity index (χ1v) is 5.33. The molecule has 90 valence electrons. The van der Waals surface area contributed by atoms with Gasteiger partial charge >= 0.3 is 0 Å². The number of nitrogens with one attached hydrogen (secondary N) is 1. The van der Waals surface area contributed by atoms with Crippen LogP contribution in [0, 0.1) is 5.82 Å². The average molecular weight is 235 g/mol. The molecule has 0 amide bonds. The van der Waals surface area contributed by atoms with Gasteiger partial charge in [-0.25, -0.2) is 4.39 Å². The predicted molar refractivity (Wildman–Crippen MR) is 63.7 cm³/mol. The molecule has 0 saturated heterocycles. The molecule has 0 fully saturated rings. The van der Waals surface area contributed by atoms with Crippen molar-refractivity contribution in [3.05, 3.63) is 48.2 Å². The maximum atomic E-state index is 13.0. The summed E-state index contributed by atoms with van der Waals surface area (Å²) in [6.45, 7) is 1.99. The SMILES string of the molecule is COc1cc(F)ccc1NC(C)c1ccoc1. The van der Waals surface area contributed by atoms with Crippen LogP contribution in [0.2, 0.25) is 0 Å². The summed E-state index contributed by atoms with van der Waals surface area (Å²) in [5.41, 5.74) is 1.78. The summed E-state index contributed by atoms with van der Waals surface area (Å²) in [5.74, 6) is 0.170. The molecule has 17 heavy (non-hydrogen) atoms. The lowest BCUT2D eigenvalue weighted by Crippen LogP contribution is -2.06. The first kappa shape index (κ1) is 11.5. The van der Waals surface area contributed by atoms with Crippen LogP contribution in [0.5, 0.6) is 5.75 Å². The van der Waals surface area contributed by atoms with E-state index < -0.39 is 0 Å². The first-order valence-electron chi connectivity index (χ1n) is 5.33. The number of anilines is 1. The van der Waals surface area contributed by atoms with Crippen molar-refractivity contribution < 1.29 is 13.5 Å². The van der Waals surface area contributed by atoms with E-state index >= 15 is 0 Å². The van der Waals surface area contributed by atoms with E-state index in [0.29, 0.717) is 5.75 Å². The van der Waals surface area contributed by atoms with Crippen molar-refractivity contribution in [2.45, 2.75) is 13.0 Å². The number of furan rings is 1. The van der Waals surface area contributed by atoms with Gasteiger partial charge in [0.2, 0.25) is 0 Å². The zero-order valence-electron chi connectivity index (χ0n) is 9.74. The quantitative estimate of drug-likeness (QED) is 0.879. The molecule has 0 aliphatic rings. The predicted octanol–water partition coefficient (Wildman–Crippen LogP) is 3.60. The Morgan fingerprint density at radius 1 is 1.35 bits per heavy atom. The highest BCUT2D eigenvalue weighted by atomic mass is 19.1. The minimum atomic E-state index is -0.316. The Morgan fingerprint density at radius 2 is 2.18 bits per heavy atom. The monoisotopic (exact) mass is 235 g/mol. The molecular weight excluding hydrogens is 221 g/mol. The fourth-order valence-corrected chi connectivity index (χ4v) is 1.62. The highest BCUT2D eigenvalue weighted by molar-refractivity contribution is 5.57. The molecule has 2 aromatic rings. The number of methoxy groups -OCH3 is 1. The lowest BCUT2D eigenvalue weighted by atomic mass is 10.1. The van der Waals surface area contributed by atoms with Crippen LogP contribution >= 0.6 is 0 Å². The summed E-state index contributed by atoms with van der Waals surface area (Å²) in [5, 5.41) is 3.24. The van der Waals surface area contributed by atoms with Gasteiger partial charge in [0.15, 0.2) is 0 Å². The van der Waals surface area contributed by atoms with Gasteiger partial charge in [-0.05, 0) is 25.1 Å². The molecule has 0 aliphatic heterocycles. The number of hydrogen-bond donors (Lipinski definition) is 1. The number of benzene rings is 1. The Labute approximate surface area is 99.2 Å². The summed E-state index contributed by atoms with van der Waals surface area (Å²) >= 11 is 0.